The molecule has 0 aliphatic heterocycles. The van der Waals surface area contributed by atoms with Gasteiger partial charge in [0.05, 0.1) is 0 Å². The molecule has 0 radical (unpaired) electrons. The van der Waals surface area contributed by atoms with Gasteiger partial charge in [-0.3, -0.25) is 0 Å². The van der Waals surface area contributed by atoms with Gasteiger partial charge in [-0.05, 0) is 70.3 Å². The predicted molar refractivity (Wildman–Crippen MR) is 106 cm³/mol. The van der Waals surface area contributed by atoms with Crippen LogP contribution in [-0.4, -0.2) is 41.9 Å². The van der Waals surface area contributed by atoms with E-state index in [1.807, 2.05) is 12.1 Å². The molecule has 0 heterocycles. The first-order valence-corrected chi connectivity index (χ1v) is 8.61. The van der Waals surface area contributed by atoms with Crippen LogP contribution in [0.15, 0.2) is 58.3 Å². The summed E-state index contributed by atoms with van der Waals surface area (Å²) in [4.78, 5) is 4.67. The van der Waals surface area contributed by atoms with Crippen LogP contribution in [0.5, 0.6) is 5.75 Å². The molecular weight excluding hydrogens is 342 g/mol. The van der Waals surface area contributed by atoms with E-state index in [1.165, 1.54) is 10.5 Å². The lowest BCUT2D eigenvalue weighted by Crippen LogP contribution is -2.26. The number of phenolic OH excluding ortho intramolecular Hbond substituents is 1. The van der Waals surface area contributed by atoms with Gasteiger partial charge in [0.15, 0.2) is 0 Å². The summed E-state index contributed by atoms with van der Waals surface area (Å²) in [5.74, 6) is 0.309. The van der Waals surface area contributed by atoms with Crippen LogP contribution >= 0.6 is 24.2 Å². The molecule has 2 aromatic rings. The van der Waals surface area contributed by atoms with Crippen LogP contribution in [-0.2, 0) is 6.42 Å². The first-order valence-electron chi connectivity index (χ1n) is 7.80. The van der Waals surface area contributed by atoms with Crippen LogP contribution in [0.25, 0.3) is 0 Å². The van der Waals surface area contributed by atoms with Gasteiger partial charge in [-0.25, -0.2) is 0 Å². The number of benzene rings is 2. The topological polar surface area (TPSA) is 43.7 Å². The molecule has 0 aliphatic carbocycles. The molecule has 0 saturated carbocycles. The number of hydrogen-bond acceptors (Lipinski definition) is 4. The summed E-state index contributed by atoms with van der Waals surface area (Å²) < 4.78 is 0. The lowest BCUT2D eigenvalue weighted by molar-refractivity contribution is 0.311. The fourth-order valence-corrected chi connectivity index (χ4v) is 2.87. The third-order valence-electron chi connectivity index (χ3n) is 3.43. The second-order valence-corrected chi connectivity index (χ2v) is 6.65. The third-order valence-corrected chi connectivity index (χ3v) is 4.56. The fraction of sp³-hybridized carbons (Fsp3) is 0.368. The first-order chi connectivity index (χ1) is 11.0. The zero-order valence-electron chi connectivity index (χ0n) is 14.8. The number of likely N-dealkylation sites (N-methyl/N-ethyl adjacent to an activating group) is 1. The van der Waals surface area contributed by atoms with E-state index in [9.17, 15) is 5.11 Å². The molecular formula is C19H28ClNO2S. The number of nitrogens with zero attached hydrogens (tertiary/aromatic N) is 1. The van der Waals surface area contributed by atoms with E-state index in [0.717, 1.165) is 11.3 Å². The Morgan fingerprint density at radius 1 is 1.04 bits per heavy atom. The maximum atomic E-state index is 9.34. The molecule has 1 atom stereocenters. The minimum Gasteiger partial charge on any atom is -0.508 e. The maximum Gasteiger partial charge on any atom is 0.115 e. The van der Waals surface area contributed by atoms with Crippen molar-refractivity contribution in [2.24, 2.45) is 0 Å². The maximum absolute atomic E-state index is 9.34. The van der Waals surface area contributed by atoms with Crippen molar-refractivity contribution in [3.05, 3.63) is 54.1 Å². The molecule has 5 heteroatoms. The summed E-state index contributed by atoms with van der Waals surface area (Å²) in [6.45, 7) is 4.17. The summed E-state index contributed by atoms with van der Waals surface area (Å²) in [7, 11) is 4.22. The summed E-state index contributed by atoms with van der Waals surface area (Å²) in [5, 5.41) is 16.9. The number of hydrogen-bond donors (Lipinski definition) is 2. The van der Waals surface area contributed by atoms with Gasteiger partial charge in [-0.1, -0.05) is 30.0 Å². The van der Waals surface area contributed by atoms with Crippen LogP contribution in [0.1, 0.15) is 19.4 Å². The van der Waals surface area contributed by atoms with Crippen molar-refractivity contribution in [2.45, 2.75) is 36.1 Å². The van der Waals surface area contributed by atoms with Crippen LogP contribution in [0.2, 0.25) is 0 Å². The molecule has 0 aliphatic rings. The monoisotopic (exact) mass is 369 g/mol. The van der Waals surface area contributed by atoms with Crippen molar-refractivity contribution >= 4 is 24.2 Å². The van der Waals surface area contributed by atoms with Gasteiger partial charge in [-0.2, -0.15) is 0 Å². The number of halogens is 1. The van der Waals surface area contributed by atoms with E-state index in [2.05, 4.69) is 50.2 Å². The summed E-state index contributed by atoms with van der Waals surface area (Å²) in [6, 6.07) is 16.4. The van der Waals surface area contributed by atoms with Crippen LogP contribution in [0.3, 0.4) is 0 Å². The first kappa shape index (κ1) is 22.8. The molecule has 2 aromatic carbocycles. The molecule has 0 amide bonds. The quantitative estimate of drug-likeness (QED) is 0.816. The number of aromatic hydroxyl groups is 1. The highest BCUT2D eigenvalue weighted by molar-refractivity contribution is 7.99. The van der Waals surface area contributed by atoms with Gasteiger partial charge in [-0.15, -0.1) is 12.4 Å². The summed E-state index contributed by atoms with van der Waals surface area (Å²) in [5.41, 5.74) is 1.37. The Morgan fingerprint density at radius 2 is 1.58 bits per heavy atom. The zero-order chi connectivity index (χ0) is 17.2. The molecule has 1 unspecified atom stereocenters. The van der Waals surface area contributed by atoms with Crippen LogP contribution in [0.4, 0.5) is 0 Å². The van der Waals surface area contributed by atoms with Crippen molar-refractivity contribution in [3.8, 4) is 5.75 Å². The molecule has 0 aromatic heterocycles. The predicted octanol–water partition coefficient (Wildman–Crippen LogP) is 4.46. The molecule has 24 heavy (non-hydrogen) atoms. The van der Waals surface area contributed by atoms with Crippen molar-refractivity contribution in [2.75, 3.05) is 20.7 Å². The average molecular weight is 370 g/mol. The molecule has 134 valence electrons. The Bertz CT molecular complexity index is 576. The van der Waals surface area contributed by atoms with E-state index in [1.54, 1.807) is 30.8 Å². The Hall–Kier alpha value is -1.20. The lowest BCUT2D eigenvalue weighted by Gasteiger charge is -2.21. The normalized spacial score (nSPS) is 11.2. The van der Waals surface area contributed by atoms with E-state index >= 15 is 0 Å². The molecule has 0 saturated heterocycles. The van der Waals surface area contributed by atoms with Gasteiger partial charge < -0.3 is 15.1 Å². The summed E-state index contributed by atoms with van der Waals surface area (Å²) in [6.07, 6.45) is 1.04. The van der Waals surface area contributed by atoms with E-state index < -0.39 is 0 Å². The van der Waals surface area contributed by atoms with Gasteiger partial charge >= 0.3 is 0 Å². The SMILES string of the molecule is CC(Cc1ccccc1Sc1ccc(O)cc1)N(C)C.CCO.Cl. The second-order valence-electron chi connectivity index (χ2n) is 5.54. The lowest BCUT2D eigenvalue weighted by atomic mass is 10.1. The van der Waals surface area contributed by atoms with Crippen molar-refractivity contribution < 1.29 is 10.2 Å². The highest BCUT2D eigenvalue weighted by Gasteiger charge is 2.10. The number of aliphatic hydroxyl groups excluding tert-OH is 1. The molecule has 3 nitrogen and oxygen atoms in total. The largest absolute Gasteiger partial charge is 0.508 e. The van der Waals surface area contributed by atoms with Crippen molar-refractivity contribution in [3.63, 3.8) is 0 Å². The number of phenols is 1. The van der Waals surface area contributed by atoms with E-state index in [4.69, 9.17) is 5.11 Å². The van der Waals surface area contributed by atoms with Gasteiger partial charge in [0.2, 0.25) is 0 Å². The zero-order valence-corrected chi connectivity index (χ0v) is 16.4. The van der Waals surface area contributed by atoms with Gasteiger partial charge in [0.25, 0.3) is 0 Å². The van der Waals surface area contributed by atoms with E-state index in [0.29, 0.717) is 11.8 Å². The molecule has 0 fully saturated rings. The highest BCUT2D eigenvalue weighted by atomic mass is 35.5. The van der Waals surface area contributed by atoms with Crippen molar-refractivity contribution in [1.82, 2.24) is 4.90 Å². The molecule has 2 rings (SSSR count). The Labute approximate surface area is 156 Å². The standard InChI is InChI=1S/C17H21NOS.C2H6O.ClH/c1-13(18(2)3)12-14-6-4-5-7-17(14)20-16-10-8-15(19)9-11-16;1-2-3;/h4-11,13,19H,12H2,1-3H3;3H,2H2,1H3;1H. The van der Waals surface area contributed by atoms with Crippen LogP contribution < -0.4 is 0 Å². The number of aliphatic hydroxyl groups is 1. The van der Waals surface area contributed by atoms with Gasteiger partial charge in [0.1, 0.15) is 5.75 Å². The van der Waals surface area contributed by atoms with Gasteiger partial charge in [0, 0.05) is 22.4 Å². The smallest absolute Gasteiger partial charge is 0.115 e. The fourth-order valence-electron chi connectivity index (χ4n) is 1.91. The average Bonchev–Trinajstić information content (AvgIpc) is 2.52. The molecule has 0 spiro atoms. The Morgan fingerprint density at radius 3 is 2.12 bits per heavy atom. The van der Waals surface area contributed by atoms with Crippen LogP contribution in [0, 0.1) is 0 Å². The minimum absolute atomic E-state index is 0. The minimum atomic E-state index is 0. The third kappa shape index (κ3) is 8.06. The van der Waals surface area contributed by atoms with E-state index in [-0.39, 0.29) is 19.0 Å². The number of rotatable bonds is 5. The molecule has 0 bridgehead atoms. The Balaban J connectivity index is 0.00000123. The molecule has 2 N–H and O–H groups in total. The second kappa shape index (κ2) is 12.2. The Kier molecular flexibility index (Phi) is 11.6. The highest BCUT2D eigenvalue weighted by Crippen LogP contribution is 2.32. The van der Waals surface area contributed by atoms with Crippen molar-refractivity contribution in [1.29, 1.82) is 0 Å². The summed E-state index contributed by atoms with van der Waals surface area (Å²) >= 11 is 1.75.